The summed E-state index contributed by atoms with van der Waals surface area (Å²) < 4.78 is 0. The topological polar surface area (TPSA) is 71.9 Å². The van der Waals surface area contributed by atoms with Crippen molar-refractivity contribution in [3.63, 3.8) is 0 Å². The number of carbonyl (C=O) groups is 1. The average molecular weight is 286 g/mol. The third-order valence-electron chi connectivity index (χ3n) is 4.77. The molecule has 3 rings (SSSR count). The number of nitrogens with one attached hydrogen (secondary N) is 2. The van der Waals surface area contributed by atoms with Crippen LogP contribution in [-0.4, -0.2) is 41.5 Å². The van der Waals surface area contributed by atoms with Gasteiger partial charge in [-0.25, -0.2) is 0 Å². The quantitative estimate of drug-likeness (QED) is 0.887. The molecule has 1 aliphatic heterocycles. The van der Waals surface area contributed by atoms with Crippen molar-refractivity contribution in [1.29, 1.82) is 5.26 Å². The Morgan fingerprint density at radius 3 is 2.95 bits per heavy atom. The van der Waals surface area contributed by atoms with Gasteiger partial charge in [0.25, 0.3) is 5.91 Å². The van der Waals surface area contributed by atoms with E-state index in [0.29, 0.717) is 17.2 Å². The Morgan fingerprint density at radius 1 is 1.43 bits per heavy atom. The number of hydrogen-bond donors (Lipinski definition) is 2. The highest BCUT2D eigenvalue weighted by Gasteiger charge is 2.29. The van der Waals surface area contributed by atoms with Gasteiger partial charge in [0.1, 0.15) is 11.8 Å². The van der Waals surface area contributed by atoms with Crippen molar-refractivity contribution in [3.05, 3.63) is 23.5 Å². The van der Waals surface area contributed by atoms with Gasteiger partial charge < -0.3 is 15.2 Å². The zero-order chi connectivity index (χ0) is 14.7. The number of nitrogens with zero attached hydrogens (tertiary/aromatic N) is 2. The molecule has 2 heterocycles. The van der Waals surface area contributed by atoms with E-state index < -0.39 is 0 Å². The molecule has 112 valence electrons. The Kier molecular flexibility index (Phi) is 4.26. The van der Waals surface area contributed by atoms with Crippen molar-refractivity contribution in [2.75, 3.05) is 19.6 Å². The fraction of sp³-hybridized carbons (Fsp3) is 0.625. The van der Waals surface area contributed by atoms with E-state index in [-0.39, 0.29) is 5.91 Å². The molecule has 2 fully saturated rings. The van der Waals surface area contributed by atoms with Crippen LogP contribution in [-0.2, 0) is 0 Å². The number of carbonyl (C=O) groups excluding carboxylic acids is 1. The number of aromatic amines is 1. The second kappa shape index (κ2) is 6.31. The van der Waals surface area contributed by atoms with Crippen LogP contribution in [0.3, 0.4) is 0 Å². The molecular weight excluding hydrogens is 264 g/mol. The Morgan fingerprint density at radius 2 is 2.24 bits per heavy atom. The highest BCUT2D eigenvalue weighted by Crippen LogP contribution is 2.28. The minimum Gasteiger partial charge on any atom is -0.356 e. The second-order valence-electron chi connectivity index (χ2n) is 6.21. The van der Waals surface area contributed by atoms with Crippen LogP contribution in [0.2, 0.25) is 0 Å². The number of hydrogen-bond acceptors (Lipinski definition) is 3. The predicted octanol–water partition coefficient (Wildman–Crippen LogP) is 1.88. The van der Waals surface area contributed by atoms with Crippen molar-refractivity contribution >= 4 is 5.91 Å². The molecule has 0 radical (unpaired) electrons. The van der Waals surface area contributed by atoms with Crippen LogP contribution in [0.5, 0.6) is 0 Å². The summed E-state index contributed by atoms with van der Waals surface area (Å²) in [5.41, 5.74) is 0.964. The minimum absolute atomic E-state index is 0.115. The summed E-state index contributed by atoms with van der Waals surface area (Å²) in [5.74, 6) is 0.441. The maximum atomic E-state index is 12.0. The molecular formula is C16H22N4O. The van der Waals surface area contributed by atoms with Crippen molar-refractivity contribution < 1.29 is 4.79 Å². The predicted molar refractivity (Wildman–Crippen MR) is 79.8 cm³/mol. The zero-order valence-electron chi connectivity index (χ0n) is 12.3. The van der Waals surface area contributed by atoms with E-state index in [4.69, 9.17) is 5.26 Å². The number of aromatic nitrogens is 1. The number of nitriles is 1. The summed E-state index contributed by atoms with van der Waals surface area (Å²) in [4.78, 5) is 17.4. The smallest absolute Gasteiger partial charge is 0.267 e. The average Bonchev–Trinajstić information content (AvgIpc) is 3.24. The lowest BCUT2D eigenvalue weighted by molar-refractivity contribution is 0.0942. The molecule has 1 saturated heterocycles. The minimum atomic E-state index is -0.115. The fourth-order valence-corrected chi connectivity index (χ4v) is 3.55. The highest BCUT2D eigenvalue weighted by molar-refractivity contribution is 5.92. The van der Waals surface area contributed by atoms with Gasteiger partial charge in [0.2, 0.25) is 0 Å². The van der Waals surface area contributed by atoms with Crippen molar-refractivity contribution in [3.8, 4) is 6.07 Å². The zero-order valence-corrected chi connectivity index (χ0v) is 12.3. The Balaban J connectivity index is 1.45. The maximum Gasteiger partial charge on any atom is 0.267 e. The molecule has 1 atom stereocenters. The van der Waals surface area contributed by atoms with E-state index in [2.05, 4.69) is 15.2 Å². The lowest BCUT2D eigenvalue weighted by atomic mass is 10.1. The maximum absolute atomic E-state index is 12.0. The molecule has 0 spiro atoms. The van der Waals surface area contributed by atoms with Gasteiger partial charge in [-0.05, 0) is 37.8 Å². The molecule has 0 bridgehead atoms. The van der Waals surface area contributed by atoms with Gasteiger partial charge in [-0.1, -0.05) is 12.8 Å². The van der Waals surface area contributed by atoms with Crippen molar-refractivity contribution in [2.45, 2.75) is 38.1 Å². The fourth-order valence-electron chi connectivity index (χ4n) is 3.55. The summed E-state index contributed by atoms with van der Waals surface area (Å²) in [5, 5.41) is 11.7. The Bertz CT molecular complexity index is 539. The monoisotopic (exact) mass is 286 g/mol. The molecule has 1 aliphatic carbocycles. The van der Waals surface area contributed by atoms with E-state index in [9.17, 15) is 4.79 Å². The number of rotatable bonds is 4. The van der Waals surface area contributed by atoms with E-state index >= 15 is 0 Å². The molecule has 1 aromatic heterocycles. The third kappa shape index (κ3) is 3.27. The van der Waals surface area contributed by atoms with Gasteiger partial charge in [-0.2, -0.15) is 5.26 Å². The first kappa shape index (κ1) is 14.2. The van der Waals surface area contributed by atoms with E-state index in [1.54, 1.807) is 12.3 Å². The molecule has 0 unspecified atom stereocenters. The van der Waals surface area contributed by atoms with Crippen molar-refractivity contribution in [1.82, 2.24) is 15.2 Å². The molecule has 1 amide bonds. The van der Waals surface area contributed by atoms with Gasteiger partial charge in [-0.3, -0.25) is 4.79 Å². The van der Waals surface area contributed by atoms with E-state index in [0.717, 1.165) is 19.1 Å². The van der Waals surface area contributed by atoms with Gasteiger partial charge in [0.15, 0.2) is 0 Å². The molecule has 1 saturated carbocycles. The third-order valence-corrected chi connectivity index (χ3v) is 4.77. The molecule has 21 heavy (non-hydrogen) atoms. The molecule has 0 aromatic carbocycles. The molecule has 2 N–H and O–H groups in total. The molecule has 2 aliphatic rings. The van der Waals surface area contributed by atoms with E-state index in [1.807, 2.05) is 6.07 Å². The van der Waals surface area contributed by atoms with Crippen LogP contribution in [0.15, 0.2) is 12.3 Å². The lowest BCUT2D eigenvalue weighted by Gasteiger charge is -2.23. The van der Waals surface area contributed by atoms with Gasteiger partial charge in [0.05, 0.1) is 5.56 Å². The Labute approximate surface area is 125 Å². The SMILES string of the molecule is N#Cc1c[nH]c(C(=O)NC[C@H]2CCN(C3CCCC3)C2)c1. The lowest BCUT2D eigenvalue weighted by Crippen LogP contribution is -2.34. The van der Waals surface area contributed by atoms with Gasteiger partial charge >= 0.3 is 0 Å². The first-order chi connectivity index (χ1) is 10.3. The summed E-state index contributed by atoms with van der Waals surface area (Å²) in [7, 11) is 0. The van der Waals surface area contributed by atoms with Gasteiger partial charge in [-0.15, -0.1) is 0 Å². The van der Waals surface area contributed by atoms with Crippen LogP contribution < -0.4 is 5.32 Å². The molecule has 5 heteroatoms. The number of likely N-dealkylation sites (tertiary alicyclic amines) is 1. The standard InChI is InChI=1S/C16H22N4O/c17-8-13-7-15(18-10-13)16(21)19-9-12-5-6-20(11-12)14-3-1-2-4-14/h7,10,12,14,18H,1-6,9,11H2,(H,19,21)/t12-/m1/s1. The number of H-pyrrole nitrogens is 1. The summed E-state index contributed by atoms with van der Waals surface area (Å²) in [6.07, 6.45) is 8.17. The van der Waals surface area contributed by atoms with Crippen LogP contribution in [0, 0.1) is 17.2 Å². The molecule has 5 nitrogen and oxygen atoms in total. The number of amides is 1. The van der Waals surface area contributed by atoms with Crippen molar-refractivity contribution in [2.24, 2.45) is 5.92 Å². The summed E-state index contributed by atoms with van der Waals surface area (Å²) in [6, 6.07) is 4.40. The summed E-state index contributed by atoms with van der Waals surface area (Å²) in [6.45, 7) is 3.01. The first-order valence-electron chi connectivity index (χ1n) is 7.87. The van der Waals surface area contributed by atoms with Crippen LogP contribution in [0.25, 0.3) is 0 Å². The first-order valence-corrected chi connectivity index (χ1v) is 7.87. The summed E-state index contributed by atoms with van der Waals surface area (Å²) >= 11 is 0. The van der Waals surface area contributed by atoms with E-state index in [1.165, 1.54) is 38.6 Å². The van der Waals surface area contributed by atoms with Crippen LogP contribution >= 0.6 is 0 Å². The second-order valence-corrected chi connectivity index (χ2v) is 6.21. The van der Waals surface area contributed by atoms with Gasteiger partial charge in [0, 0.05) is 25.3 Å². The molecule has 1 aromatic rings. The highest BCUT2D eigenvalue weighted by atomic mass is 16.1. The van der Waals surface area contributed by atoms with Crippen LogP contribution in [0.1, 0.15) is 48.2 Å². The Hall–Kier alpha value is -1.80. The van der Waals surface area contributed by atoms with Crippen LogP contribution in [0.4, 0.5) is 0 Å². The largest absolute Gasteiger partial charge is 0.356 e. The normalized spacial score (nSPS) is 23.3.